The van der Waals surface area contributed by atoms with E-state index in [1.54, 1.807) is 0 Å². The first-order valence-electron chi connectivity index (χ1n) is 7.09. The van der Waals surface area contributed by atoms with Crippen molar-refractivity contribution in [1.29, 1.82) is 0 Å². The van der Waals surface area contributed by atoms with Crippen molar-refractivity contribution in [1.82, 2.24) is 15.1 Å². The van der Waals surface area contributed by atoms with Crippen molar-refractivity contribution in [2.75, 3.05) is 19.7 Å². The lowest BCUT2D eigenvalue weighted by Crippen LogP contribution is -2.42. The minimum Gasteiger partial charge on any atom is -0.480 e. The molecule has 21 heavy (non-hydrogen) atoms. The fourth-order valence-corrected chi connectivity index (χ4v) is 2.56. The summed E-state index contributed by atoms with van der Waals surface area (Å²) < 4.78 is 5.26. The standard InChI is InChI=1S/C14H21N3O4/c1-9-12(10(2)16-15-9)7-13(18)17-5-3-11(4-6-17)21-8-14(19)20/h11H,3-8H2,1-2H3,(H,15,16)(H,19,20). The first-order valence-corrected chi connectivity index (χ1v) is 7.09. The van der Waals surface area contributed by atoms with E-state index in [2.05, 4.69) is 10.2 Å². The lowest BCUT2D eigenvalue weighted by atomic mass is 10.1. The summed E-state index contributed by atoms with van der Waals surface area (Å²) in [7, 11) is 0. The van der Waals surface area contributed by atoms with Crippen LogP contribution in [0.1, 0.15) is 29.8 Å². The molecule has 0 spiro atoms. The number of carbonyl (C=O) groups is 2. The summed E-state index contributed by atoms with van der Waals surface area (Å²) in [6.45, 7) is 4.75. The van der Waals surface area contributed by atoms with Gasteiger partial charge in [0.25, 0.3) is 0 Å². The first kappa shape index (κ1) is 15.5. The number of ether oxygens (including phenoxy) is 1. The monoisotopic (exact) mass is 295 g/mol. The average molecular weight is 295 g/mol. The van der Waals surface area contributed by atoms with Crippen molar-refractivity contribution in [2.24, 2.45) is 0 Å². The molecule has 7 heteroatoms. The molecule has 1 amide bonds. The third-order valence-electron chi connectivity index (χ3n) is 3.85. The van der Waals surface area contributed by atoms with Crippen LogP contribution in [0, 0.1) is 13.8 Å². The van der Waals surface area contributed by atoms with E-state index < -0.39 is 5.97 Å². The largest absolute Gasteiger partial charge is 0.480 e. The maximum Gasteiger partial charge on any atom is 0.329 e. The zero-order chi connectivity index (χ0) is 15.4. The third kappa shape index (κ3) is 4.04. The van der Waals surface area contributed by atoms with Crippen LogP contribution in [-0.2, 0) is 20.7 Å². The molecule has 0 aliphatic carbocycles. The quantitative estimate of drug-likeness (QED) is 0.832. The molecule has 0 bridgehead atoms. The van der Waals surface area contributed by atoms with Crippen LogP contribution in [-0.4, -0.2) is 57.9 Å². The molecule has 0 radical (unpaired) electrons. The van der Waals surface area contributed by atoms with Crippen molar-refractivity contribution in [3.05, 3.63) is 17.0 Å². The van der Waals surface area contributed by atoms with Gasteiger partial charge in [0, 0.05) is 24.3 Å². The summed E-state index contributed by atoms with van der Waals surface area (Å²) in [4.78, 5) is 24.6. The zero-order valence-electron chi connectivity index (χ0n) is 12.4. The second-order valence-electron chi connectivity index (χ2n) is 5.37. The van der Waals surface area contributed by atoms with Crippen LogP contribution in [0.5, 0.6) is 0 Å². The highest BCUT2D eigenvalue weighted by Gasteiger charge is 2.24. The molecule has 116 valence electrons. The van der Waals surface area contributed by atoms with Crippen molar-refractivity contribution in [3.8, 4) is 0 Å². The highest BCUT2D eigenvalue weighted by molar-refractivity contribution is 5.79. The summed E-state index contributed by atoms with van der Waals surface area (Å²) >= 11 is 0. The van der Waals surface area contributed by atoms with Gasteiger partial charge < -0.3 is 14.7 Å². The number of carbonyl (C=O) groups excluding carboxylic acids is 1. The van der Waals surface area contributed by atoms with Crippen molar-refractivity contribution < 1.29 is 19.4 Å². The van der Waals surface area contributed by atoms with Gasteiger partial charge in [-0.15, -0.1) is 0 Å². The van der Waals surface area contributed by atoms with E-state index in [0.717, 1.165) is 17.0 Å². The Kier molecular flexibility index (Phi) is 4.95. The summed E-state index contributed by atoms with van der Waals surface area (Å²) in [6.07, 6.45) is 1.65. The van der Waals surface area contributed by atoms with Crippen LogP contribution < -0.4 is 0 Å². The summed E-state index contributed by atoms with van der Waals surface area (Å²) in [5, 5.41) is 15.6. The van der Waals surface area contributed by atoms with Gasteiger partial charge in [-0.25, -0.2) is 4.79 Å². The number of nitrogens with one attached hydrogen (secondary N) is 1. The number of hydrogen-bond acceptors (Lipinski definition) is 4. The number of H-pyrrole nitrogens is 1. The normalized spacial score (nSPS) is 16.2. The molecule has 2 N–H and O–H groups in total. The second-order valence-corrected chi connectivity index (χ2v) is 5.37. The van der Waals surface area contributed by atoms with E-state index in [4.69, 9.17) is 9.84 Å². The minimum atomic E-state index is -0.959. The molecule has 1 aliphatic rings. The Bertz CT molecular complexity index is 499. The van der Waals surface area contributed by atoms with Crippen LogP contribution >= 0.6 is 0 Å². The fourth-order valence-electron chi connectivity index (χ4n) is 2.56. The number of amides is 1. The van der Waals surface area contributed by atoms with E-state index >= 15 is 0 Å². The molecule has 1 aliphatic heterocycles. The van der Waals surface area contributed by atoms with E-state index in [1.165, 1.54) is 0 Å². The SMILES string of the molecule is Cc1n[nH]c(C)c1CC(=O)N1CCC(OCC(=O)O)CC1. The molecule has 0 atom stereocenters. The molecule has 0 aromatic carbocycles. The Labute approximate surface area is 123 Å². The number of carboxylic acid groups (broad SMARTS) is 1. The van der Waals surface area contributed by atoms with Gasteiger partial charge in [0.15, 0.2) is 0 Å². The number of aromatic amines is 1. The highest BCUT2D eigenvalue weighted by atomic mass is 16.5. The third-order valence-corrected chi connectivity index (χ3v) is 3.85. The van der Waals surface area contributed by atoms with E-state index in [9.17, 15) is 9.59 Å². The van der Waals surface area contributed by atoms with Crippen molar-refractivity contribution in [3.63, 3.8) is 0 Å². The molecule has 7 nitrogen and oxygen atoms in total. The molecule has 1 fully saturated rings. The topological polar surface area (TPSA) is 95.5 Å². The maximum absolute atomic E-state index is 12.3. The number of piperidine rings is 1. The number of rotatable bonds is 5. The number of aromatic nitrogens is 2. The van der Waals surface area contributed by atoms with Crippen LogP contribution in [0.25, 0.3) is 0 Å². The summed E-state index contributed by atoms with van der Waals surface area (Å²) in [5.41, 5.74) is 2.75. The molecule has 1 aromatic rings. The summed E-state index contributed by atoms with van der Waals surface area (Å²) in [6, 6.07) is 0. The minimum absolute atomic E-state index is 0.0671. The van der Waals surface area contributed by atoms with Gasteiger partial charge in [-0.3, -0.25) is 9.89 Å². The van der Waals surface area contributed by atoms with Crippen LogP contribution in [0.3, 0.4) is 0 Å². The molecule has 2 heterocycles. The van der Waals surface area contributed by atoms with Gasteiger partial charge in [0.05, 0.1) is 18.2 Å². The maximum atomic E-state index is 12.3. The molecular formula is C14H21N3O4. The number of likely N-dealkylation sites (tertiary alicyclic amines) is 1. The van der Waals surface area contributed by atoms with E-state index in [1.807, 2.05) is 18.7 Å². The molecule has 0 saturated carbocycles. The van der Waals surface area contributed by atoms with Gasteiger partial charge in [-0.1, -0.05) is 0 Å². The van der Waals surface area contributed by atoms with Gasteiger partial charge in [-0.2, -0.15) is 5.10 Å². The van der Waals surface area contributed by atoms with Gasteiger partial charge in [-0.05, 0) is 26.7 Å². The average Bonchev–Trinajstić information content (AvgIpc) is 2.77. The molecule has 1 aromatic heterocycles. The van der Waals surface area contributed by atoms with E-state index in [-0.39, 0.29) is 18.6 Å². The second kappa shape index (κ2) is 6.71. The molecule has 2 rings (SSSR count). The number of aryl methyl sites for hydroxylation is 2. The van der Waals surface area contributed by atoms with Crippen molar-refractivity contribution >= 4 is 11.9 Å². The Hall–Kier alpha value is -1.89. The van der Waals surface area contributed by atoms with Crippen LogP contribution in [0.15, 0.2) is 0 Å². The molecular weight excluding hydrogens is 274 g/mol. The first-order chi connectivity index (χ1) is 9.97. The number of carboxylic acids is 1. The van der Waals surface area contributed by atoms with Crippen LogP contribution in [0.2, 0.25) is 0 Å². The Morgan fingerprint density at radius 2 is 2.05 bits per heavy atom. The number of hydrogen-bond donors (Lipinski definition) is 2. The van der Waals surface area contributed by atoms with E-state index in [0.29, 0.717) is 32.4 Å². The lowest BCUT2D eigenvalue weighted by molar-refractivity contribution is -0.146. The predicted molar refractivity (Wildman–Crippen MR) is 75.0 cm³/mol. The van der Waals surface area contributed by atoms with Gasteiger partial charge in [0.1, 0.15) is 6.61 Å². The smallest absolute Gasteiger partial charge is 0.329 e. The Balaban J connectivity index is 1.82. The van der Waals surface area contributed by atoms with Crippen molar-refractivity contribution in [2.45, 2.75) is 39.2 Å². The predicted octanol–water partition coefficient (Wildman–Crippen LogP) is 0.661. The highest BCUT2D eigenvalue weighted by Crippen LogP contribution is 2.17. The summed E-state index contributed by atoms with van der Waals surface area (Å²) in [5.74, 6) is -0.876. The van der Waals surface area contributed by atoms with Gasteiger partial charge >= 0.3 is 5.97 Å². The molecule has 1 saturated heterocycles. The molecule has 0 unspecified atom stereocenters. The fraction of sp³-hybridized carbons (Fsp3) is 0.643. The van der Waals surface area contributed by atoms with Gasteiger partial charge in [0.2, 0.25) is 5.91 Å². The lowest BCUT2D eigenvalue weighted by Gasteiger charge is -2.31. The Morgan fingerprint density at radius 3 is 2.57 bits per heavy atom. The Morgan fingerprint density at radius 1 is 1.38 bits per heavy atom. The zero-order valence-corrected chi connectivity index (χ0v) is 12.4. The number of nitrogens with zero attached hydrogens (tertiary/aromatic N) is 2. The number of aliphatic carboxylic acids is 1. The van der Waals surface area contributed by atoms with Crippen LogP contribution in [0.4, 0.5) is 0 Å².